The third kappa shape index (κ3) is 2.04. The van der Waals surface area contributed by atoms with Crippen molar-refractivity contribution < 1.29 is 19.3 Å². The van der Waals surface area contributed by atoms with Crippen molar-refractivity contribution in [2.75, 3.05) is 7.05 Å². The molecule has 7 nitrogen and oxygen atoms in total. The SMILES string of the molecule is C[N+]([O-])=Cc1ccc2c(c1)[n+]([O-])c1ccc(O)cc1[n+]2[O-]. The Morgan fingerprint density at radius 2 is 1.52 bits per heavy atom. The van der Waals surface area contributed by atoms with Crippen LogP contribution in [0.2, 0.25) is 0 Å². The molecule has 0 aliphatic carbocycles. The molecule has 0 aliphatic rings. The topological polar surface area (TPSA) is 100 Å². The standard InChI is InChI=1S/C14H11N3O4/c1-15(19)8-9-2-4-11-13(6-9)16(20)12-5-3-10(18)7-14(12)17(11)21/h2-8,18H,1H3. The van der Waals surface area contributed by atoms with Crippen molar-refractivity contribution in [1.82, 2.24) is 0 Å². The summed E-state index contributed by atoms with van der Waals surface area (Å²) < 4.78 is 1.81. The Balaban J connectivity index is 2.43. The lowest BCUT2D eigenvalue weighted by atomic mass is 10.2. The number of rotatable bonds is 1. The molecule has 0 spiro atoms. The molecule has 0 saturated carbocycles. The molecule has 21 heavy (non-hydrogen) atoms. The summed E-state index contributed by atoms with van der Waals surface area (Å²) in [6.07, 6.45) is 1.30. The van der Waals surface area contributed by atoms with Gasteiger partial charge in [-0.25, -0.2) is 4.74 Å². The van der Waals surface area contributed by atoms with Crippen LogP contribution in [0.3, 0.4) is 0 Å². The Labute approximate surface area is 119 Å². The molecule has 0 aliphatic heterocycles. The average molecular weight is 285 g/mol. The van der Waals surface area contributed by atoms with E-state index in [0.29, 0.717) is 19.8 Å². The van der Waals surface area contributed by atoms with Crippen molar-refractivity contribution in [1.29, 1.82) is 0 Å². The second-order valence-corrected chi connectivity index (χ2v) is 4.69. The minimum absolute atomic E-state index is 0.0789. The third-order valence-electron chi connectivity index (χ3n) is 3.16. The van der Waals surface area contributed by atoms with Gasteiger partial charge >= 0.3 is 0 Å². The van der Waals surface area contributed by atoms with Gasteiger partial charge in [0, 0.05) is 23.8 Å². The number of hydroxylamine groups is 1. The molecule has 0 bridgehead atoms. The minimum atomic E-state index is -0.0932. The third-order valence-corrected chi connectivity index (χ3v) is 3.16. The molecule has 1 aromatic heterocycles. The summed E-state index contributed by atoms with van der Waals surface area (Å²) in [7, 11) is 1.33. The summed E-state index contributed by atoms with van der Waals surface area (Å²) in [6, 6.07) is 8.46. The van der Waals surface area contributed by atoms with Crippen LogP contribution in [-0.4, -0.2) is 23.1 Å². The number of benzene rings is 2. The molecule has 0 unspecified atom stereocenters. The molecule has 0 amide bonds. The van der Waals surface area contributed by atoms with Gasteiger partial charge in [0.15, 0.2) is 6.21 Å². The summed E-state index contributed by atoms with van der Waals surface area (Å²) in [6.45, 7) is 0. The van der Waals surface area contributed by atoms with Crippen molar-refractivity contribution in [3.63, 3.8) is 0 Å². The van der Waals surface area contributed by atoms with Crippen LogP contribution in [-0.2, 0) is 0 Å². The number of aromatic nitrogens is 2. The van der Waals surface area contributed by atoms with Gasteiger partial charge in [-0.1, -0.05) is 0 Å². The highest BCUT2D eigenvalue weighted by Gasteiger charge is 2.22. The Morgan fingerprint density at radius 3 is 2.14 bits per heavy atom. The predicted octanol–water partition coefficient (Wildman–Crippen LogP) is 0.524. The van der Waals surface area contributed by atoms with Gasteiger partial charge in [-0.2, -0.15) is 9.46 Å². The maximum absolute atomic E-state index is 12.4. The first-order chi connectivity index (χ1) is 9.97. The van der Waals surface area contributed by atoms with Crippen LogP contribution >= 0.6 is 0 Å². The van der Waals surface area contributed by atoms with Crippen molar-refractivity contribution in [2.45, 2.75) is 0 Å². The van der Waals surface area contributed by atoms with Gasteiger partial charge in [0.05, 0.1) is 6.07 Å². The quantitative estimate of drug-likeness (QED) is 0.232. The summed E-state index contributed by atoms with van der Waals surface area (Å²) in [5.41, 5.74) is 1.05. The van der Waals surface area contributed by atoms with E-state index >= 15 is 0 Å². The van der Waals surface area contributed by atoms with Gasteiger partial charge in [-0.15, -0.1) is 0 Å². The molecule has 3 rings (SSSR count). The zero-order chi connectivity index (χ0) is 15.1. The Hall–Kier alpha value is -3.09. The van der Waals surface area contributed by atoms with Crippen molar-refractivity contribution in [3.05, 3.63) is 57.6 Å². The molecule has 106 valence electrons. The lowest BCUT2D eigenvalue weighted by molar-refractivity contribution is -0.591. The summed E-state index contributed by atoms with van der Waals surface area (Å²) >= 11 is 0. The molecule has 0 atom stereocenters. The smallest absolute Gasteiger partial charge is 0.294 e. The first-order valence-corrected chi connectivity index (χ1v) is 6.14. The van der Waals surface area contributed by atoms with Crippen molar-refractivity contribution in [3.8, 4) is 5.75 Å². The molecular weight excluding hydrogens is 274 g/mol. The van der Waals surface area contributed by atoms with E-state index in [1.165, 1.54) is 43.6 Å². The van der Waals surface area contributed by atoms with E-state index in [1.807, 2.05) is 0 Å². The van der Waals surface area contributed by atoms with E-state index in [2.05, 4.69) is 0 Å². The Kier molecular flexibility index (Phi) is 2.76. The lowest BCUT2D eigenvalue weighted by Crippen LogP contribution is -2.39. The predicted molar refractivity (Wildman–Crippen MR) is 75.8 cm³/mol. The maximum atomic E-state index is 12.4. The number of aromatic hydroxyl groups is 1. The highest BCUT2D eigenvalue weighted by Crippen LogP contribution is 2.17. The molecule has 2 aromatic carbocycles. The normalized spacial score (nSPS) is 12.1. The van der Waals surface area contributed by atoms with Gasteiger partial charge in [-0.3, -0.25) is 0 Å². The highest BCUT2D eigenvalue weighted by atomic mass is 16.5. The molecule has 0 saturated heterocycles. The van der Waals surface area contributed by atoms with Crippen LogP contribution in [0.1, 0.15) is 5.56 Å². The molecule has 3 aromatic rings. The molecule has 1 N–H and O–H groups in total. The van der Waals surface area contributed by atoms with Gasteiger partial charge < -0.3 is 20.7 Å². The largest absolute Gasteiger partial charge is 0.624 e. The Morgan fingerprint density at radius 1 is 0.952 bits per heavy atom. The molecule has 0 radical (unpaired) electrons. The van der Waals surface area contributed by atoms with Gasteiger partial charge in [0.2, 0.25) is 0 Å². The van der Waals surface area contributed by atoms with Gasteiger partial charge in [0.1, 0.15) is 12.8 Å². The first kappa shape index (κ1) is 12.9. The fourth-order valence-electron chi connectivity index (χ4n) is 2.27. The molecule has 1 heterocycles. The lowest BCUT2D eigenvalue weighted by Gasteiger charge is -2.08. The zero-order valence-electron chi connectivity index (χ0n) is 11.1. The van der Waals surface area contributed by atoms with E-state index in [-0.39, 0.29) is 27.8 Å². The summed E-state index contributed by atoms with van der Waals surface area (Å²) in [5.74, 6) is -0.0932. The van der Waals surface area contributed by atoms with E-state index < -0.39 is 0 Å². The highest BCUT2D eigenvalue weighted by molar-refractivity contribution is 5.84. The van der Waals surface area contributed by atoms with Crippen LogP contribution < -0.4 is 9.46 Å². The first-order valence-electron chi connectivity index (χ1n) is 6.14. The van der Waals surface area contributed by atoms with Crippen LogP contribution in [0.25, 0.3) is 22.1 Å². The van der Waals surface area contributed by atoms with E-state index in [9.17, 15) is 20.7 Å². The van der Waals surface area contributed by atoms with Gasteiger partial charge in [0.25, 0.3) is 22.1 Å². The molecular formula is C14H11N3O4. The van der Waals surface area contributed by atoms with Crippen LogP contribution in [0.15, 0.2) is 36.4 Å². The van der Waals surface area contributed by atoms with Crippen LogP contribution in [0.5, 0.6) is 5.75 Å². The van der Waals surface area contributed by atoms with E-state index in [1.54, 1.807) is 6.07 Å². The van der Waals surface area contributed by atoms with E-state index in [4.69, 9.17) is 0 Å². The zero-order valence-corrected chi connectivity index (χ0v) is 11.1. The van der Waals surface area contributed by atoms with Crippen molar-refractivity contribution in [2.24, 2.45) is 0 Å². The average Bonchev–Trinajstić information content (AvgIpc) is 2.44. The monoisotopic (exact) mass is 285 g/mol. The van der Waals surface area contributed by atoms with Gasteiger partial charge in [-0.05, 0) is 12.1 Å². The second kappa shape index (κ2) is 4.48. The minimum Gasteiger partial charge on any atom is -0.624 e. The fraction of sp³-hybridized carbons (Fsp3) is 0.0714. The number of phenols is 1. The van der Waals surface area contributed by atoms with Crippen molar-refractivity contribution >= 4 is 28.3 Å². The fourth-order valence-corrected chi connectivity index (χ4v) is 2.27. The number of hydrogen-bond acceptors (Lipinski definition) is 4. The van der Waals surface area contributed by atoms with Crippen LogP contribution in [0.4, 0.5) is 0 Å². The number of nitrogens with zero attached hydrogens (tertiary/aromatic N) is 3. The van der Waals surface area contributed by atoms with Crippen LogP contribution in [0, 0.1) is 15.6 Å². The molecule has 7 heteroatoms. The van der Waals surface area contributed by atoms with E-state index in [0.717, 1.165) is 0 Å². The number of fused-ring (bicyclic) bond motifs is 2. The number of hydrogen-bond donors (Lipinski definition) is 1. The summed E-state index contributed by atoms with van der Waals surface area (Å²) in [5, 5.41) is 45.1. The molecule has 0 fully saturated rings. The second-order valence-electron chi connectivity index (χ2n) is 4.69. The Bertz CT molecular complexity index is 902. The summed E-state index contributed by atoms with van der Waals surface area (Å²) in [4.78, 5) is 0. The maximum Gasteiger partial charge on any atom is 0.294 e. The number of phenolic OH excluding ortho intramolecular Hbond substituents is 1.